The number of aryl methyl sites for hydroxylation is 1. The first kappa shape index (κ1) is 46.5. The van der Waals surface area contributed by atoms with E-state index in [-0.39, 0.29) is 5.76 Å². The van der Waals surface area contributed by atoms with Gasteiger partial charge in [0.1, 0.15) is 11.5 Å². The third-order valence-electron chi connectivity index (χ3n) is 11.5. The van der Waals surface area contributed by atoms with Gasteiger partial charge in [0.2, 0.25) is 0 Å². The Morgan fingerprint density at radius 3 is 1.72 bits per heavy atom. The van der Waals surface area contributed by atoms with Crippen LogP contribution in [0.4, 0.5) is 28.4 Å². The Hall–Kier alpha value is -9.00. The molecule has 8 rings (SSSR count). The van der Waals surface area contributed by atoms with E-state index >= 15 is 0 Å². The molecule has 1 aliphatic rings. The standard InChI is InChI=1S/C63H52N2O4/c1-5-61(66)68-47(4)30-32-50(33-31-48-20-11-7-12-21-48)51-35-38-57(39-36-51)65(55-27-17-10-18-28-55)59-42-40-58(41-43-59)64(54-25-15-9-16-26-54)56-29-19-24-49(34-37-56)53-44-46(3)63(69-62(67)6-2)60(45-53)52-22-13-8-14-23-52/h5-18,20-30,32-45H,1-2,4,19,31H2,3H3/b32-30-,50-33+. The minimum absolute atomic E-state index is 0.226. The first-order valence-corrected chi connectivity index (χ1v) is 22.8. The van der Waals surface area contributed by atoms with Gasteiger partial charge in [0.15, 0.2) is 0 Å². The predicted octanol–water partition coefficient (Wildman–Crippen LogP) is 15.7. The summed E-state index contributed by atoms with van der Waals surface area (Å²) < 4.78 is 11.0. The molecule has 0 radical (unpaired) electrons. The monoisotopic (exact) mass is 900 g/mol. The van der Waals surface area contributed by atoms with Crippen molar-refractivity contribution in [3.63, 3.8) is 0 Å². The molecule has 0 atom stereocenters. The van der Waals surface area contributed by atoms with Crippen LogP contribution in [0.2, 0.25) is 0 Å². The molecule has 0 aromatic heterocycles. The van der Waals surface area contributed by atoms with Crippen molar-refractivity contribution >= 4 is 51.5 Å². The average Bonchev–Trinajstić information content (AvgIpc) is 3.65. The lowest BCUT2D eigenvalue weighted by molar-refractivity contribution is -0.133. The number of allylic oxidation sites excluding steroid dienone is 9. The summed E-state index contributed by atoms with van der Waals surface area (Å²) in [5.74, 6) is -0.303. The van der Waals surface area contributed by atoms with Crippen LogP contribution >= 0.6 is 0 Å². The number of carbonyl (C=O) groups excluding carboxylic acids is 2. The maximum atomic E-state index is 12.4. The largest absolute Gasteiger partial charge is 0.424 e. The summed E-state index contributed by atoms with van der Waals surface area (Å²) in [7, 11) is 0. The summed E-state index contributed by atoms with van der Waals surface area (Å²) >= 11 is 0. The predicted molar refractivity (Wildman–Crippen MR) is 285 cm³/mol. The van der Waals surface area contributed by atoms with E-state index in [4.69, 9.17) is 9.47 Å². The number of nitrogens with zero attached hydrogens (tertiary/aromatic N) is 2. The molecule has 0 heterocycles. The van der Waals surface area contributed by atoms with Crippen LogP contribution in [0, 0.1) is 6.92 Å². The molecule has 6 heteroatoms. The van der Waals surface area contributed by atoms with Crippen LogP contribution in [0.25, 0.3) is 22.3 Å². The number of benzene rings is 7. The van der Waals surface area contributed by atoms with Crippen molar-refractivity contribution < 1.29 is 19.1 Å². The van der Waals surface area contributed by atoms with Crippen LogP contribution in [0.5, 0.6) is 5.75 Å². The summed E-state index contributed by atoms with van der Waals surface area (Å²) in [6, 6.07) is 62.3. The van der Waals surface area contributed by atoms with E-state index in [1.807, 2.05) is 85.8 Å². The molecule has 0 fully saturated rings. The molecule has 0 N–H and O–H groups in total. The number of ether oxygens (including phenoxy) is 2. The van der Waals surface area contributed by atoms with Gasteiger partial charge in [-0.15, -0.1) is 0 Å². The molecule has 0 saturated carbocycles. The molecular formula is C63H52N2O4. The van der Waals surface area contributed by atoms with Gasteiger partial charge in [-0.3, -0.25) is 0 Å². The summed E-state index contributed by atoms with van der Waals surface area (Å²) in [5, 5.41) is 0. The Morgan fingerprint density at radius 1 is 0.580 bits per heavy atom. The first-order valence-electron chi connectivity index (χ1n) is 22.8. The maximum Gasteiger partial charge on any atom is 0.335 e. The summed E-state index contributed by atoms with van der Waals surface area (Å²) in [6.45, 7) is 13.0. The minimum atomic E-state index is -0.557. The zero-order valence-electron chi connectivity index (χ0n) is 38.6. The number of esters is 2. The number of anilines is 5. The molecule has 6 nitrogen and oxygen atoms in total. The summed E-state index contributed by atoms with van der Waals surface area (Å²) in [4.78, 5) is 28.8. The molecule has 338 valence electrons. The number of rotatable bonds is 17. The van der Waals surface area contributed by atoms with Crippen LogP contribution in [0.1, 0.15) is 28.7 Å². The Labute approximate surface area is 405 Å². The van der Waals surface area contributed by atoms with E-state index < -0.39 is 11.9 Å². The van der Waals surface area contributed by atoms with Gasteiger partial charge in [0.05, 0.1) is 0 Å². The molecule has 69 heavy (non-hydrogen) atoms. The fourth-order valence-electron chi connectivity index (χ4n) is 8.16. The molecule has 0 bridgehead atoms. The van der Waals surface area contributed by atoms with Crippen LogP contribution < -0.4 is 14.5 Å². The first-order chi connectivity index (χ1) is 33.8. The molecule has 0 amide bonds. The van der Waals surface area contributed by atoms with Gasteiger partial charge in [-0.2, -0.15) is 0 Å². The topological polar surface area (TPSA) is 59.1 Å². The number of carbonyl (C=O) groups is 2. The quantitative estimate of drug-likeness (QED) is 0.0298. The normalized spacial score (nSPS) is 12.3. The highest BCUT2D eigenvalue weighted by atomic mass is 16.5. The summed E-state index contributed by atoms with van der Waals surface area (Å²) in [5.41, 5.74) is 13.9. The molecule has 0 aliphatic heterocycles. The van der Waals surface area contributed by atoms with Crippen molar-refractivity contribution in [2.45, 2.75) is 19.8 Å². The van der Waals surface area contributed by atoms with E-state index in [1.54, 1.807) is 6.08 Å². The molecule has 7 aromatic rings. The highest BCUT2D eigenvalue weighted by Gasteiger charge is 2.19. The number of hydrogen-bond acceptors (Lipinski definition) is 6. The SMILES string of the molecule is C=CC(=O)OC(=C)/C=C\C(=C/Cc1ccccc1)c1ccc(N(c2ccccc2)c2ccc(N(C3=CCC=C(c4cc(C)c(OC(=O)C=C)c(-c5ccccc5)c4)C=C3)c3ccccc3)cc2)cc1. The van der Waals surface area contributed by atoms with Crippen molar-refractivity contribution in [3.05, 3.63) is 290 Å². The van der Waals surface area contributed by atoms with Gasteiger partial charge in [0.25, 0.3) is 0 Å². The van der Waals surface area contributed by atoms with Crippen molar-refractivity contribution in [2.24, 2.45) is 0 Å². The van der Waals surface area contributed by atoms with Crippen molar-refractivity contribution in [1.29, 1.82) is 0 Å². The Bertz CT molecular complexity index is 3110. The van der Waals surface area contributed by atoms with E-state index in [2.05, 4.69) is 169 Å². The fourth-order valence-corrected chi connectivity index (χ4v) is 8.16. The van der Waals surface area contributed by atoms with E-state index in [1.165, 1.54) is 11.6 Å². The second-order valence-electron chi connectivity index (χ2n) is 16.2. The Morgan fingerprint density at radius 2 is 1.12 bits per heavy atom. The van der Waals surface area contributed by atoms with Gasteiger partial charge >= 0.3 is 11.9 Å². The van der Waals surface area contributed by atoms with Crippen molar-refractivity contribution in [3.8, 4) is 16.9 Å². The van der Waals surface area contributed by atoms with E-state index in [0.29, 0.717) is 18.6 Å². The third-order valence-corrected chi connectivity index (χ3v) is 11.5. The molecule has 0 spiro atoms. The smallest absolute Gasteiger partial charge is 0.335 e. The molecular weight excluding hydrogens is 849 g/mol. The zero-order chi connectivity index (χ0) is 48.0. The van der Waals surface area contributed by atoms with Gasteiger partial charge in [-0.05, 0) is 144 Å². The lowest BCUT2D eigenvalue weighted by atomic mass is 9.94. The highest BCUT2D eigenvalue weighted by molar-refractivity contribution is 5.89. The van der Waals surface area contributed by atoms with Crippen LogP contribution in [-0.2, 0) is 20.7 Å². The van der Waals surface area contributed by atoms with Gasteiger partial charge in [0, 0.05) is 51.8 Å². The number of hydrogen-bond donors (Lipinski definition) is 0. The molecule has 0 saturated heterocycles. The molecule has 7 aromatic carbocycles. The molecule has 1 aliphatic carbocycles. The lowest BCUT2D eigenvalue weighted by Crippen LogP contribution is -2.15. The maximum absolute atomic E-state index is 12.4. The second kappa shape index (κ2) is 22.5. The van der Waals surface area contributed by atoms with Crippen molar-refractivity contribution in [2.75, 3.05) is 9.80 Å². The highest BCUT2D eigenvalue weighted by Crippen LogP contribution is 2.40. The van der Waals surface area contributed by atoms with Crippen LogP contribution in [0.3, 0.4) is 0 Å². The van der Waals surface area contributed by atoms with Gasteiger partial charge in [-0.25, -0.2) is 9.59 Å². The van der Waals surface area contributed by atoms with E-state index in [9.17, 15) is 9.59 Å². The van der Waals surface area contributed by atoms with Crippen LogP contribution in [0.15, 0.2) is 268 Å². The van der Waals surface area contributed by atoms with Crippen LogP contribution in [-0.4, -0.2) is 11.9 Å². The lowest BCUT2D eigenvalue weighted by Gasteiger charge is -2.29. The van der Waals surface area contributed by atoms with Gasteiger partial charge < -0.3 is 19.3 Å². The Kier molecular flexibility index (Phi) is 15.1. The van der Waals surface area contributed by atoms with Gasteiger partial charge in [-0.1, -0.05) is 159 Å². The second-order valence-corrected chi connectivity index (χ2v) is 16.2. The van der Waals surface area contributed by atoms with Crippen molar-refractivity contribution in [1.82, 2.24) is 0 Å². The minimum Gasteiger partial charge on any atom is -0.424 e. The average molecular weight is 901 g/mol. The number of para-hydroxylation sites is 2. The Balaban J connectivity index is 1.10. The zero-order valence-corrected chi connectivity index (χ0v) is 38.6. The summed E-state index contributed by atoms with van der Waals surface area (Å²) in [6.07, 6.45) is 18.3. The third kappa shape index (κ3) is 11.7. The molecule has 0 unspecified atom stereocenters. The van der Waals surface area contributed by atoms with E-state index in [0.717, 1.165) is 79.2 Å². The fraction of sp³-hybridized carbons (Fsp3) is 0.0476.